The normalized spacial score (nSPS) is 8.88. The Labute approximate surface area is 125 Å². The first kappa shape index (κ1) is 19.3. The molecule has 0 aromatic heterocycles. The summed E-state index contributed by atoms with van der Waals surface area (Å²) in [7, 11) is 1.91. The Kier molecular flexibility index (Phi) is 12.6. The summed E-state index contributed by atoms with van der Waals surface area (Å²) in [5, 5.41) is 3.09. The Hall–Kier alpha value is -0.0200. The Morgan fingerprint density at radius 3 is 1.82 bits per heavy atom. The number of nitrogens with zero attached hydrogens (tertiary/aromatic N) is 1. The highest BCUT2D eigenvalue weighted by atomic mass is 35.5. The zero-order valence-corrected chi connectivity index (χ0v) is 12.8. The maximum absolute atomic E-state index is 5.74. The van der Waals surface area contributed by atoms with Gasteiger partial charge in [0.2, 0.25) is 0 Å². The molecule has 0 aliphatic heterocycles. The van der Waals surface area contributed by atoms with Crippen molar-refractivity contribution in [3.8, 4) is 0 Å². The molecule has 0 heterocycles. The molecule has 0 saturated heterocycles. The smallest absolute Gasteiger partial charge is 0.0399 e. The van der Waals surface area contributed by atoms with Crippen molar-refractivity contribution in [1.29, 1.82) is 0 Å². The molecule has 6 heteroatoms. The maximum Gasteiger partial charge on any atom is 0.0399 e. The van der Waals surface area contributed by atoms with Gasteiger partial charge < -0.3 is 10.2 Å². The molecule has 0 atom stereocenters. The van der Waals surface area contributed by atoms with Crippen LogP contribution in [0.5, 0.6) is 0 Å². The molecule has 1 N–H and O–H groups in total. The monoisotopic (exact) mass is 318 g/mol. The first-order valence-electron chi connectivity index (χ1n) is 4.96. The van der Waals surface area contributed by atoms with Crippen LogP contribution in [-0.2, 0) is 0 Å². The second kappa shape index (κ2) is 11.1. The molecule has 1 rings (SSSR count). The highest BCUT2D eigenvalue weighted by molar-refractivity contribution is 6.18. The van der Waals surface area contributed by atoms with Gasteiger partial charge in [0, 0.05) is 43.3 Å². The molecule has 0 bridgehead atoms. The van der Waals surface area contributed by atoms with Gasteiger partial charge in [-0.2, -0.15) is 0 Å². The molecular formula is C11H18Cl4N2. The first-order valence-corrected chi connectivity index (χ1v) is 6.03. The average molecular weight is 320 g/mol. The molecule has 0 aliphatic carbocycles. The molecular weight excluding hydrogens is 302 g/mol. The number of alkyl halides is 2. The minimum atomic E-state index is 0. The van der Waals surface area contributed by atoms with Gasteiger partial charge in [0.1, 0.15) is 0 Å². The lowest BCUT2D eigenvalue weighted by Crippen LogP contribution is -2.27. The second-order valence-corrected chi connectivity index (χ2v) is 3.92. The van der Waals surface area contributed by atoms with Crippen LogP contribution < -0.4 is 10.2 Å². The van der Waals surface area contributed by atoms with Crippen molar-refractivity contribution in [2.45, 2.75) is 0 Å². The van der Waals surface area contributed by atoms with Gasteiger partial charge in [-0.05, 0) is 24.3 Å². The van der Waals surface area contributed by atoms with Crippen LogP contribution in [0.2, 0.25) is 0 Å². The van der Waals surface area contributed by atoms with Crippen LogP contribution in [0.3, 0.4) is 0 Å². The van der Waals surface area contributed by atoms with Gasteiger partial charge in [-0.3, -0.25) is 0 Å². The molecule has 0 fully saturated rings. The molecule has 0 spiro atoms. The summed E-state index contributed by atoms with van der Waals surface area (Å²) in [6.07, 6.45) is 0. The van der Waals surface area contributed by atoms with E-state index in [1.54, 1.807) is 0 Å². The number of nitrogens with one attached hydrogen (secondary N) is 1. The molecule has 17 heavy (non-hydrogen) atoms. The molecule has 100 valence electrons. The van der Waals surface area contributed by atoms with Gasteiger partial charge in [-0.1, -0.05) is 0 Å². The van der Waals surface area contributed by atoms with Crippen molar-refractivity contribution < 1.29 is 0 Å². The number of benzene rings is 1. The van der Waals surface area contributed by atoms with Gasteiger partial charge in [0.05, 0.1) is 0 Å². The van der Waals surface area contributed by atoms with Crippen LogP contribution in [0.25, 0.3) is 0 Å². The highest BCUT2D eigenvalue weighted by Gasteiger charge is 2.04. The molecule has 0 saturated carbocycles. The molecule has 0 amide bonds. The van der Waals surface area contributed by atoms with Crippen molar-refractivity contribution in [2.75, 3.05) is 42.1 Å². The lowest BCUT2D eigenvalue weighted by Gasteiger charge is -2.22. The predicted molar refractivity (Wildman–Crippen MR) is 84.1 cm³/mol. The maximum atomic E-state index is 5.74. The Morgan fingerprint density at radius 2 is 1.47 bits per heavy atom. The van der Waals surface area contributed by atoms with Crippen LogP contribution in [0, 0.1) is 0 Å². The Balaban J connectivity index is 0. The van der Waals surface area contributed by atoms with Gasteiger partial charge in [0.25, 0.3) is 0 Å². The SMILES string of the molecule is CNc1ccc(N(CCCl)CCCl)cc1.Cl.Cl. The van der Waals surface area contributed by atoms with Crippen LogP contribution >= 0.6 is 48.0 Å². The van der Waals surface area contributed by atoms with E-state index >= 15 is 0 Å². The highest BCUT2D eigenvalue weighted by Crippen LogP contribution is 2.17. The minimum absolute atomic E-state index is 0. The third kappa shape index (κ3) is 6.46. The van der Waals surface area contributed by atoms with E-state index in [0.717, 1.165) is 24.5 Å². The average Bonchev–Trinajstić information content (AvgIpc) is 2.29. The molecule has 0 radical (unpaired) electrons. The van der Waals surface area contributed by atoms with Crippen LogP contribution in [0.4, 0.5) is 11.4 Å². The van der Waals surface area contributed by atoms with Crippen molar-refractivity contribution >= 4 is 59.4 Å². The summed E-state index contributed by atoms with van der Waals surface area (Å²) < 4.78 is 0. The van der Waals surface area contributed by atoms with Gasteiger partial charge in [-0.15, -0.1) is 48.0 Å². The van der Waals surface area contributed by atoms with Crippen molar-refractivity contribution in [3.63, 3.8) is 0 Å². The number of anilines is 2. The Morgan fingerprint density at radius 1 is 1.00 bits per heavy atom. The fourth-order valence-electron chi connectivity index (χ4n) is 1.41. The van der Waals surface area contributed by atoms with E-state index in [0.29, 0.717) is 11.8 Å². The summed E-state index contributed by atoms with van der Waals surface area (Å²) in [6, 6.07) is 8.24. The van der Waals surface area contributed by atoms with Crippen molar-refractivity contribution in [1.82, 2.24) is 0 Å². The van der Waals surface area contributed by atoms with E-state index in [4.69, 9.17) is 23.2 Å². The number of halogens is 4. The summed E-state index contributed by atoms with van der Waals surface area (Å²) >= 11 is 11.5. The van der Waals surface area contributed by atoms with Crippen molar-refractivity contribution in [2.24, 2.45) is 0 Å². The molecule has 0 unspecified atom stereocenters. The second-order valence-electron chi connectivity index (χ2n) is 3.16. The molecule has 1 aromatic carbocycles. The zero-order valence-electron chi connectivity index (χ0n) is 9.66. The summed E-state index contributed by atoms with van der Waals surface area (Å²) in [5.41, 5.74) is 2.27. The topological polar surface area (TPSA) is 15.3 Å². The van der Waals surface area contributed by atoms with E-state index in [-0.39, 0.29) is 24.8 Å². The summed E-state index contributed by atoms with van der Waals surface area (Å²) in [6.45, 7) is 1.65. The minimum Gasteiger partial charge on any atom is -0.388 e. The lowest BCUT2D eigenvalue weighted by atomic mass is 10.2. The standard InChI is InChI=1S/C11H16Cl2N2.2ClH/c1-14-10-2-4-11(5-3-10)15(8-6-12)9-7-13;;/h2-5,14H,6-9H2,1H3;2*1H. The molecule has 0 aliphatic rings. The first-order chi connectivity index (χ1) is 7.31. The third-order valence-electron chi connectivity index (χ3n) is 2.23. The predicted octanol–water partition coefficient (Wildman–Crippen LogP) is 3.86. The van der Waals surface area contributed by atoms with Gasteiger partial charge in [0.15, 0.2) is 0 Å². The van der Waals surface area contributed by atoms with E-state index in [2.05, 4.69) is 22.3 Å². The van der Waals surface area contributed by atoms with Gasteiger partial charge in [-0.25, -0.2) is 0 Å². The van der Waals surface area contributed by atoms with E-state index < -0.39 is 0 Å². The van der Waals surface area contributed by atoms with E-state index in [1.807, 2.05) is 19.2 Å². The number of hydrogen-bond donors (Lipinski definition) is 1. The molecule has 2 nitrogen and oxygen atoms in total. The van der Waals surface area contributed by atoms with E-state index in [9.17, 15) is 0 Å². The van der Waals surface area contributed by atoms with Crippen molar-refractivity contribution in [3.05, 3.63) is 24.3 Å². The van der Waals surface area contributed by atoms with Gasteiger partial charge >= 0.3 is 0 Å². The lowest BCUT2D eigenvalue weighted by molar-refractivity contribution is 0.874. The quantitative estimate of drug-likeness (QED) is 0.801. The summed E-state index contributed by atoms with van der Waals surface area (Å²) in [5.74, 6) is 1.23. The number of rotatable bonds is 6. The molecule has 1 aromatic rings. The fourth-order valence-corrected chi connectivity index (χ4v) is 1.82. The Bertz CT molecular complexity index is 273. The zero-order chi connectivity index (χ0) is 11.1. The summed E-state index contributed by atoms with van der Waals surface area (Å²) in [4.78, 5) is 2.18. The number of hydrogen-bond acceptors (Lipinski definition) is 2. The third-order valence-corrected chi connectivity index (χ3v) is 2.57. The largest absolute Gasteiger partial charge is 0.388 e. The fraction of sp³-hybridized carbons (Fsp3) is 0.455. The van der Waals surface area contributed by atoms with Crippen LogP contribution in [0.15, 0.2) is 24.3 Å². The van der Waals surface area contributed by atoms with Crippen LogP contribution in [-0.4, -0.2) is 31.9 Å². The van der Waals surface area contributed by atoms with E-state index in [1.165, 1.54) is 0 Å². The van der Waals surface area contributed by atoms with Crippen LogP contribution in [0.1, 0.15) is 0 Å².